The molecule has 1 aliphatic rings. The summed E-state index contributed by atoms with van der Waals surface area (Å²) in [7, 11) is 3.78. The lowest BCUT2D eigenvalue weighted by Gasteiger charge is -2.16. The standard InChI is InChI=1S/C9H11N3OS/c1-12(2)9-10-3-6-7(11-9)4-14-5-8(6)13/h3H,4-5H2,1-2H3. The number of hydrogen-bond donors (Lipinski definition) is 0. The van der Waals surface area contributed by atoms with Gasteiger partial charge in [0.1, 0.15) is 0 Å². The van der Waals surface area contributed by atoms with Crippen LogP contribution in [-0.4, -0.2) is 35.6 Å². The number of carbonyl (C=O) groups is 1. The summed E-state index contributed by atoms with van der Waals surface area (Å²) in [5, 5.41) is 0. The number of thioether (sulfide) groups is 1. The van der Waals surface area contributed by atoms with E-state index >= 15 is 0 Å². The average Bonchev–Trinajstić information content (AvgIpc) is 2.17. The van der Waals surface area contributed by atoms with Gasteiger partial charge in [0.25, 0.3) is 0 Å². The van der Waals surface area contributed by atoms with E-state index in [2.05, 4.69) is 9.97 Å². The maximum Gasteiger partial charge on any atom is 0.225 e. The molecule has 1 aromatic heterocycles. The summed E-state index contributed by atoms with van der Waals surface area (Å²) in [6.45, 7) is 0. The van der Waals surface area contributed by atoms with Crippen molar-refractivity contribution in [2.45, 2.75) is 5.75 Å². The first-order valence-corrected chi connectivity index (χ1v) is 5.48. The van der Waals surface area contributed by atoms with Crippen LogP contribution < -0.4 is 4.90 Å². The van der Waals surface area contributed by atoms with E-state index in [0.29, 0.717) is 17.3 Å². The van der Waals surface area contributed by atoms with Gasteiger partial charge in [-0.2, -0.15) is 0 Å². The molecule has 0 saturated carbocycles. The lowest BCUT2D eigenvalue weighted by atomic mass is 10.2. The molecule has 2 heterocycles. The van der Waals surface area contributed by atoms with E-state index in [9.17, 15) is 4.79 Å². The number of ketones is 1. The van der Waals surface area contributed by atoms with E-state index in [1.165, 1.54) is 0 Å². The third-order valence-corrected chi connectivity index (χ3v) is 2.97. The zero-order valence-electron chi connectivity index (χ0n) is 8.15. The largest absolute Gasteiger partial charge is 0.347 e. The van der Waals surface area contributed by atoms with Gasteiger partial charge in [-0.15, -0.1) is 11.8 Å². The van der Waals surface area contributed by atoms with Crippen molar-refractivity contribution in [3.8, 4) is 0 Å². The van der Waals surface area contributed by atoms with Crippen LogP contribution in [0.3, 0.4) is 0 Å². The van der Waals surface area contributed by atoms with Gasteiger partial charge in [-0.05, 0) is 0 Å². The third-order valence-electron chi connectivity index (χ3n) is 2.03. The zero-order chi connectivity index (χ0) is 10.1. The molecule has 74 valence electrons. The van der Waals surface area contributed by atoms with Crippen molar-refractivity contribution in [3.05, 3.63) is 17.5 Å². The summed E-state index contributed by atoms with van der Waals surface area (Å²) in [5.41, 5.74) is 1.55. The van der Waals surface area contributed by atoms with Crippen molar-refractivity contribution >= 4 is 23.5 Å². The lowest BCUT2D eigenvalue weighted by Crippen LogP contribution is -2.18. The van der Waals surface area contributed by atoms with Gasteiger partial charge in [-0.3, -0.25) is 4.79 Å². The van der Waals surface area contributed by atoms with Crippen LogP contribution in [-0.2, 0) is 5.75 Å². The second-order valence-electron chi connectivity index (χ2n) is 3.34. The number of aromatic nitrogens is 2. The Morgan fingerprint density at radius 1 is 1.43 bits per heavy atom. The number of nitrogens with zero attached hydrogens (tertiary/aromatic N) is 3. The highest BCUT2D eigenvalue weighted by Crippen LogP contribution is 2.23. The van der Waals surface area contributed by atoms with Crippen molar-refractivity contribution in [2.24, 2.45) is 0 Å². The van der Waals surface area contributed by atoms with Crippen LogP contribution in [0.5, 0.6) is 0 Å². The number of rotatable bonds is 1. The third kappa shape index (κ3) is 1.59. The topological polar surface area (TPSA) is 46.1 Å². The molecule has 5 heteroatoms. The minimum Gasteiger partial charge on any atom is -0.347 e. The summed E-state index contributed by atoms with van der Waals surface area (Å²) in [4.78, 5) is 21.8. The average molecular weight is 209 g/mol. The molecule has 0 amide bonds. The lowest BCUT2D eigenvalue weighted by molar-refractivity contribution is 0.101. The van der Waals surface area contributed by atoms with Gasteiger partial charge in [-0.25, -0.2) is 9.97 Å². The molecule has 1 aromatic rings. The Morgan fingerprint density at radius 2 is 2.21 bits per heavy atom. The van der Waals surface area contributed by atoms with Crippen LogP contribution in [0.2, 0.25) is 0 Å². The van der Waals surface area contributed by atoms with Crippen molar-refractivity contribution in [3.63, 3.8) is 0 Å². The Labute approximate surface area is 86.7 Å². The van der Waals surface area contributed by atoms with Crippen LogP contribution in [0.25, 0.3) is 0 Å². The van der Waals surface area contributed by atoms with E-state index in [-0.39, 0.29) is 5.78 Å². The Kier molecular flexibility index (Phi) is 2.41. The zero-order valence-corrected chi connectivity index (χ0v) is 8.97. The summed E-state index contributed by atoms with van der Waals surface area (Å²) in [6.07, 6.45) is 1.64. The molecule has 0 aliphatic carbocycles. The summed E-state index contributed by atoms with van der Waals surface area (Å²) in [6, 6.07) is 0. The fourth-order valence-electron chi connectivity index (χ4n) is 1.28. The number of anilines is 1. The van der Waals surface area contributed by atoms with Crippen LogP contribution in [0.1, 0.15) is 16.1 Å². The highest BCUT2D eigenvalue weighted by atomic mass is 32.2. The molecule has 2 rings (SSSR count). The monoisotopic (exact) mass is 209 g/mol. The van der Waals surface area contributed by atoms with Gasteiger partial charge >= 0.3 is 0 Å². The quantitative estimate of drug-likeness (QED) is 0.689. The summed E-state index contributed by atoms with van der Waals surface area (Å²) in [5.74, 6) is 2.17. The summed E-state index contributed by atoms with van der Waals surface area (Å²) < 4.78 is 0. The Bertz CT molecular complexity index is 378. The minimum absolute atomic E-state index is 0.140. The number of fused-ring (bicyclic) bond motifs is 1. The Morgan fingerprint density at radius 3 is 2.93 bits per heavy atom. The molecule has 0 N–H and O–H groups in total. The molecular weight excluding hydrogens is 198 g/mol. The van der Waals surface area contributed by atoms with Crippen molar-refractivity contribution in [2.75, 3.05) is 24.7 Å². The van der Waals surface area contributed by atoms with Gasteiger partial charge in [0, 0.05) is 26.0 Å². The molecule has 0 radical (unpaired) electrons. The predicted molar refractivity (Wildman–Crippen MR) is 56.9 cm³/mol. The summed E-state index contributed by atoms with van der Waals surface area (Å²) >= 11 is 1.61. The van der Waals surface area contributed by atoms with Crippen LogP contribution in [0, 0.1) is 0 Å². The van der Waals surface area contributed by atoms with Gasteiger partial charge in [-0.1, -0.05) is 0 Å². The number of Topliss-reactive ketones (excluding diaryl/α,β-unsaturated/α-hetero) is 1. The number of hydrogen-bond acceptors (Lipinski definition) is 5. The molecule has 0 saturated heterocycles. The molecule has 0 fully saturated rings. The van der Waals surface area contributed by atoms with E-state index < -0.39 is 0 Å². The maximum absolute atomic E-state index is 11.5. The molecule has 0 spiro atoms. The first-order chi connectivity index (χ1) is 6.68. The van der Waals surface area contributed by atoms with Gasteiger partial charge in [0.05, 0.1) is 17.0 Å². The second kappa shape index (κ2) is 3.57. The van der Waals surface area contributed by atoms with Gasteiger partial charge in [0.15, 0.2) is 5.78 Å². The van der Waals surface area contributed by atoms with E-state index in [4.69, 9.17) is 0 Å². The molecular formula is C9H11N3OS. The molecule has 0 bridgehead atoms. The SMILES string of the molecule is CN(C)c1ncc2c(n1)CSCC2=O. The normalized spacial score (nSPS) is 15.1. The molecule has 0 aromatic carbocycles. The predicted octanol–water partition coefficient (Wildman–Crippen LogP) is 0.972. The van der Waals surface area contributed by atoms with E-state index in [1.807, 2.05) is 19.0 Å². The van der Waals surface area contributed by atoms with E-state index in [0.717, 1.165) is 11.4 Å². The van der Waals surface area contributed by atoms with Crippen molar-refractivity contribution in [1.29, 1.82) is 0 Å². The molecule has 0 atom stereocenters. The molecule has 4 nitrogen and oxygen atoms in total. The highest BCUT2D eigenvalue weighted by Gasteiger charge is 2.19. The number of carbonyl (C=O) groups excluding carboxylic acids is 1. The maximum atomic E-state index is 11.5. The van der Waals surface area contributed by atoms with Crippen molar-refractivity contribution in [1.82, 2.24) is 9.97 Å². The highest BCUT2D eigenvalue weighted by molar-refractivity contribution is 7.99. The smallest absolute Gasteiger partial charge is 0.225 e. The van der Waals surface area contributed by atoms with Crippen LogP contribution in [0.4, 0.5) is 5.95 Å². The van der Waals surface area contributed by atoms with Gasteiger partial charge in [0.2, 0.25) is 5.95 Å². The molecule has 1 aliphatic heterocycles. The molecule has 14 heavy (non-hydrogen) atoms. The van der Waals surface area contributed by atoms with E-state index in [1.54, 1.807) is 18.0 Å². The van der Waals surface area contributed by atoms with Crippen molar-refractivity contribution < 1.29 is 4.79 Å². The first kappa shape index (κ1) is 9.45. The second-order valence-corrected chi connectivity index (χ2v) is 4.33. The van der Waals surface area contributed by atoms with Crippen LogP contribution >= 0.6 is 11.8 Å². The van der Waals surface area contributed by atoms with Gasteiger partial charge < -0.3 is 4.90 Å². The minimum atomic E-state index is 0.140. The molecule has 0 unspecified atom stereocenters. The fourth-order valence-corrected chi connectivity index (χ4v) is 2.14. The Hall–Kier alpha value is -1.10. The first-order valence-electron chi connectivity index (χ1n) is 4.32. The Balaban J connectivity index is 2.44. The fraction of sp³-hybridized carbons (Fsp3) is 0.444. The van der Waals surface area contributed by atoms with Crippen LogP contribution in [0.15, 0.2) is 6.20 Å².